The molecule has 0 aliphatic carbocycles. The number of thiazole rings is 1. The minimum Gasteiger partial charge on any atom is -0.298 e. The van der Waals surface area contributed by atoms with Crippen molar-refractivity contribution in [2.75, 3.05) is 5.32 Å². The fraction of sp³-hybridized carbons (Fsp3) is 0.0588. The van der Waals surface area contributed by atoms with E-state index in [0.717, 1.165) is 21.3 Å². The van der Waals surface area contributed by atoms with Gasteiger partial charge in [-0.1, -0.05) is 45.8 Å². The molecule has 0 unspecified atom stereocenters. The summed E-state index contributed by atoms with van der Waals surface area (Å²) in [6.45, 7) is 1.99. The summed E-state index contributed by atoms with van der Waals surface area (Å²) in [5, 5.41) is 5.38. The summed E-state index contributed by atoms with van der Waals surface area (Å²) in [6.07, 6.45) is 0. The molecule has 0 fully saturated rings. The van der Waals surface area contributed by atoms with Crippen LogP contribution in [0.15, 0.2) is 58.4 Å². The first kappa shape index (κ1) is 14.9. The van der Waals surface area contributed by atoms with Gasteiger partial charge in [-0.2, -0.15) is 0 Å². The van der Waals surface area contributed by atoms with Gasteiger partial charge in [-0.05, 0) is 31.2 Å². The fourth-order valence-corrected chi connectivity index (χ4v) is 2.94. The van der Waals surface area contributed by atoms with Crippen molar-refractivity contribution in [2.45, 2.75) is 6.92 Å². The van der Waals surface area contributed by atoms with Crippen LogP contribution >= 0.6 is 27.3 Å². The van der Waals surface area contributed by atoms with Crippen molar-refractivity contribution < 1.29 is 4.79 Å². The molecular formula is C17H13BrN2OS. The number of anilines is 1. The lowest BCUT2D eigenvalue weighted by atomic mass is 10.1. The average molecular weight is 373 g/mol. The molecule has 0 spiro atoms. The van der Waals surface area contributed by atoms with E-state index in [1.807, 2.05) is 60.8 Å². The summed E-state index contributed by atoms with van der Waals surface area (Å²) in [7, 11) is 0. The Labute approximate surface area is 141 Å². The number of nitrogens with zero attached hydrogens (tertiary/aromatic N) is 1. The van der Waals surface area contributed by atoms with Crippen LogP contribution in [0.5, 0.6) is 0 Å². The molecule has 0 saturated carbocycles. The third kappa shape index (κ3) is 3.43. The van der Waals surface area contributed by atoms with Gasteiger partial charge >= 0.3 is 0 Å². The van der Waals surface area contributed by atoms with Crippen molar-refractivity contribution in [2.24, 2.45) is 0 Å². The summed E-state index contributed by atoms with van der Waals surface area (Å²) in [5.41, 5.74) is 3.64. The van der Waals surface area contributed by atoms with E-state index in [-0.39, 0.29) is 5.91 Å². The van der Waals surface area contributed by atoms with Gasteiger partial charge in [0.1, 0.15) is 0 Å². The lowest BCUT2D eigenvalue weighted by molar-refractivity contribution is 0.102. The molecule has 22 heavy (non-hydrogen) atoms. The molecule has 0 bridgehead atoms. The first-order valence-corrected chi connectivity index (χ1v) is 8.38. The lowest BCUT2D eigenvalue weighted by Crippen LogP contribution is -2.11. The number of halogens is 1. The van der Waals surface area contributed by atoms with Crippen LogP contribution in [-0.4, -0.2) is 10.9 Å². The highest BCUT2D eigenvalue weighted by Crippen LogP contribution is 2.26. The first-order chi connectivity index (χ1) is 10.6. The zero-order valence-electron chi connectivity index (χ0n) is 11.8. The number of hydrogen-bond acceptors (Lipinski definition) is 3. The molecular weight excluding hydrogens is 360 g/mol. The van der Waals surface area contributed by atoms with Crippen LogP contribution in [0.2, 0.25) is 0 Å². The molecule has 0 aliphatic rings. The predicted octanol–water partition coefficient (Wildman–Crippen LogP) is 5.13. The number of carbonyl (C=O) groups excluding carboxylic acids is 1. The monoisotopic (exact) mass is 372 g/mol. The molecule has 1 N–H and O–H groups in total. The topological polar surface area (TPSA) is 42.0 Å². The van der Waals surface area contributed by atoms with Crippen LogP contribution in [-0.2, 0) is 0 Å². The maximum Gasteiger partial charge on any atom is 0.257 e. The van der Waals surface area contributed by atoms with E-state index in [1.165, 1.54) is 11.3 Å². The number of aromatic nitrogens is 1. The molecule has 5 heteroatoms. The number of hydrogen-bond donors (Lipinski definition) is 1. The highest BCUT2D eigenvalue weighted by molar-refractivity contribution is 9.10. The van der Waals surface area contributed by atoms with Crippen molar-refractivity contribution >= 4 is 38.3 Å². The Kier molecular flexibility index (Phi) is 4.36. The number of aryl methyl sites for hydroxylation is 1. The largest absolute Gasteiger partial charge is 0.298 e. The van der Waals surface area contributed by atoms with Crippen molar-refractivity contribution in [3.63, 3.8) is 0 Å². The van der Waals surface area contributed by atoms with Crippen LogP contribution < -0.4 is 5.32 Å². The van der Waals surface area contributed by atoms with Crippen LogP contribution in [0.3, 0.4) is 0 Å². The minimum absolute atomic E-state index is 0.142. The summed E-state index contributed by atoms with van der Waals surface area (Å²) in [6, 6.07) is 15.4. The van der Waals surface area contributed by atoms with Gasteiger partial charge in [0.25, 0.3) is 5.91 Å². The molecule has 0 atom stereocenters. The van der Waals surface area contributed by atoms with E-state index >= 15 is 0 Å². The van der Waals surface area contributed by atoms with E-state index < -0.39 is 0 Å². The predicted molar refractivity (Wildman–Crippen MR) is 94.4 cm³/mol. The smallest absolute Gasteiger partial charge is 0.257 e. The van der Waals surface area contributed by atoms with Gasteiger partial charge in [0.2, 0.25) is 0 Å². The Balaban J connectivity index is 1.75. The van der Waals surface area contributed by atoms with Gasteiger partial charge in [0, 0.05) is 21.0 Å². The highest BCUT2D eigenvalue weighted by atomic mass is 79.9. The van der Waals surface area contributed by atoms with Crippen LogP contribution in [0.1, 0.15) is 15.9 Å². The van der Waals surface area contributed by atoms with E-state index in [4.69, 9.17) is 0 Å². The average Bonchev–Trinajstić information content (AvgIpc) is 2.97. The number of carbonyl (C=O) groups is 1. The Hall–Kier alpha value is -1.98. The molecule has 1 aromatic heterocycles. The molecule has 0 aliphatic heterocycles. The van der Waals surface area contributed by atoms with Gasteiger partial charge in [0.05, 0.1) is 5.69 Å². The molecule has 3 nitrogen and oxygen atoms in total. The Morgan fingerprint density at radius 1 is 1.09 bits per heavy atom. The summed E-state index contributed by atoms with van der Waals surface area (Å²) in [5.74, 6) is -0.142. The van der Waals surface area contributed by atoms with Crippen molar-refractivity contribution in [3.8, 4) is 11.3 Å². The number of benzene rings is 2. The van der Waals surface area contributed by atoms with E-state index in [2.05, 4.69) is 26.2 Å². The Morgan fingerprint density at radius 3 is 2.45 bits per heavy atom. The van der Waals surface area contributed by atoms with Crippen molar-refractivity contribution in [1.82, 2.24) is 4.98 Å². The molecule has 1 amide bonds. The zero-order chi connectivity index (χ0) is 15.5. The van der Waals surface area contributed by atoms with E-state index in [0.29, 0.717) is 10.7 Å². The maximum atomic E-state index is 12.2. The van der Waals surface area contributed by atoms with E-state index in [9.17, 15) is 4.79 Å². The molecule has 3 aromatic rings. The van der Waals surface area contributed by atoms with Gasteiger partial charge < -0.3 is 0 Å². The highest BCUT2D eigenvalue weighted by Gasteiger charge is 2.09. The fourth-order valence-electron chi connectivity index (χ4n) is 1.96. The van der Waals surface area contributed by atoms with Gasteiger partial charge in [-0.25, -0.2) is 4.98 Å². The quantitative estimate of drug-likeness (QED) is 0.691. The van der Waals surface area contributed by atoms with Gasteiger partial charge in [-0.3, -0.25) is 10.1 Å². The first-order valence-electron chi connectivity index (χ1n) is 6.71. The second-order valence-electron chi connectivity index (χ2n) is 4.86. The number of rotatable bonds is 3. The van der Waals surface area contributed by atoms with Crippen molar-refractivity contribution in [3.05, 3.63) is 69.5 Å². The van der Waals surface area contributed by atoms with Crippen LogP contribution in [0.25, 0.3) is 11.3 Å². The Bertz CT molecular complexity index is 794. The third-order valence-electron chi connectivity index (χ3n) is 3.18. The van der Waals surface area contributed by atoms with Crippen LogP contribution in [0, 0.1) is 6.92 Å². The summed E-state index contributed by atoms with van der Waals surface area (Å²) in [4.78, 5) is 16.6. The second kappa shape index (κ2) is 6.42. The minimum atomic E-state index is -0.142. The SMILES string of the molecule is Cc1ccc(C(=O)Nc2nc(-c3ccc(Br)cc3)cs2)cc1. The number of amides is 1. The molecule has 2 aromatic carbocycles. The molecule has 0 radical (unpaired) electrons. The van der Waals surface area contributed by atoms with Gasteiger partial charge in [0.15, 0.2) is 5.13 Å². The molecule has 1 heterocycles. The molecule has 3 rings (SSSR count). The standard InChI is InChI=1S/C17H13BrN2OS/c1-11-2-4-13(5-3-11)16(21)20-17-19-15(10-22-17)12-6-8-14(18)9-7-12/h2-10H,1H3,(H,19,20,21). The zero-order valence-corrected chi connectivity index (χ0v) is 14.2. The molecule has 0 saturated heterocycles. The lowest BCUT2D eigenvalue weighted by Gasteiger charge is -2.02. The summed E-state index contributed by atoms with van der Waals surface area (Å²) >= 11 is 4.83. The van der Waals surface area contributed by atoms with Gasteiger partial charge in [-0.15, -0.1) is 11.3 Å². The summed E-state index contributed by atoms with van der Waals surface area (Å²) < 4.78 is 1.03. The van der Waals surface area contributed by atoms with Crippen LogP contribution in [0.4, 0.5) is 5.13 Å². The maximum absolute atomic E-state index is 12.2. The van der Waals surface area contributed by atoms with Crippen molar-refractivity contribution in [1.29, 1.82) is 0 Å². The number of nitrogens with one attached hydrogen (secondary N) is 1. The third-order valence-corrected chi connectivity index (χ3v) is 4.46. The Morgan fingerprint density at radius 2 is 1.77 bits per heavy atom. The normalized spacial score (nSPS) is 10.5. The van der Waals surface area contributed by atoms with E-state index in [1.54, 1.807) is 0 Å². The second-order valence-corrected chi connectivity index (χ2v) is 6.64. The molecule has 110 valence electrons.